The highest BCUT2D eigenvalue weighted by Crippen LogP contribution is 2.49. The second-order valence-corrected chi connectivity index (χ2v) is 7.52. The highest BCUT2D eigenvalue weighted by molar-refractivity contribution is 5.34. The van der Waals surface area contributed by atoms with Crippen molar-refractivity contribution in [1.82, 2.24) is 14.8 Å². The van der Waals surface area contributed by atoms with Gasteiger partial charge in [-0.25, -0.2) is 4.98 Å². The van der Waals surface area contributed by atoms with E-state index in [2.05, 4.69) is 28.3 Å². The van der Waals surface area contributed by atoms with Gasteiger partial charge in [-0.05, 0) is 50.0 Å². The molecule has 0 saturated heterocycles. The molecule has 0 N–H and O–H groups in total. The lowest BCUT2D eigenvalue weighted by Crippen LogP contribution is -2.42. The van der Waals surface area contributed by atoms with Gasteiger partial charge in [0.2, 0.25) is 0 Å². The zero-order chi connectivity index (χ0) is 17.3. The number of nitriles is 1. The Morgan fingerprint density at radius 2 is 1.92 bits per heavy atom. The van der Waals surface area contributed by atoms with Crippen LogP contribution in [0.15, 0.2) is 36.7 Å². The van der Waals surface area contributed by atoms with Gasteiger partial charge in [0.15, 0.2) is 5.82 Å². The second kappa shape index (κ2) is 6.27. The summed E-state index contributed by atoms with van der Waals surface area (Å²) in [5.74, 6) is 1.59. The molecule has 2 aliphatic rings. The summed E-state index contributed by atoms with van der Waals surface area (Å²) in [5.41, 5.74) is 0.279. The molecule has 0 aliphatic heterocycles. The first-order valence-electron chi connectivity index (χ1n) is 9.13. The minimum absolute atomic E-state index is 0.414. The number of aromatic nitrogens is 3. The van der Waals surface area contributed by atoms with Crippen molar-refractivity contribution in [3.05, 3.63) is 48.0 Å². The summed E-state index contributed by atoms with van der Waals surface area (Å²) in [7, 11) is 1.92. The fourth-order valence-corrected chi connectivity index (χ4v) is 4.01. The fourth-order valence-electron chi connectivity index (χ4n) is 4.01. The number of benzene rings is 1. The third-order valence-corrected chi connectivity index (χ3v) is 5.86. The Morgan fingerprint density at radius 1 is 1.20 bits per heavy atom. The van der Waals surface area contributed by atoms with E-state index in [-0.39, 0.29) is 0 Å². The van der Waals surface area contributed by atoms with Crippen molar-refractivity contribution in [1.29, 1.82) is 5.26 Å². The van der Waals surface area contributed by atoms with Crippen molar-refractivity contribution in [2.24, 2.45) is 13.0 Å². The van der Waals surface area contributed by atoms with E-state index in [1.807, 2.05) is 29.9 Å². The molecule has 0 radical (unpaired) electrons. The molecule has 25 heavy (non-hydrogen) atoms. The Labute approximate surface area is 148 Å². The normalized spacial score (nSPS) is 29.3. The minimum Gasteiger partial charge on any atom is -0.367 e. The fraction of sp³-hybridized carbons (Fsp3) is 0.550. The van der Waals surface area contributed by atoms with E-state index in [1.54, 1.807) is 6.33 Å². The highest BCUT2D eigenvalue weighted by Gasteiger charge is 2.48. The molecule has 1 heterocycles. The number of aryl methyl sites for hydroxylation is 1. The molecule has 2 aliphatic carbocycles. The molecular weight excluding hydrogens is 312 g/mol. The van der Waals surface area contributed by atoms with Gasteiger partial charge in [-0.2, -0.15) is 10.4 Å². The summed E-state index contributed by atoms with van der Waals surface area (Å²) >= 11 is 0. The monoisotopic (exact) mass is 336 g/mol. The van der Waals surface area contributed by atoms with E-state index >= 15 is 0 Å². The number of ether oxygens (including phenoxy) is 1. The summed E-state index contributed by atoms with van der Waals surface area (Å²) in [4.78, 5) is 4.50. The largest absolute Gasteiger partial charge is 0.367 e. The van der Waals surface area contributed by atoms with Crippen LogP contribution in [0.4, 0.5) is 0 Å². The molecule has 2 saturated carbocycles. The lowest BCUT2D eigenvalue weighted by molar-refractivity contribution is -0.0959. The molecule has 2 aromatic rings. The summed E-state index contributed by atoms with van der Waals surface area (Å²) in [6, 6.07) is 12.8. The zero-order valence-electron chi connectivity index (χ0n) is 14.7. The number of nitrogens with zero attached hydrogens (tertiary/aromatic N) is 4. The maximum Gasteiger partial charge on any atom is 0.158 e. The first-order valence-corrected chi connectivity index (χ1v) is 9.13. The molecule has 0 bridgehead atoms. The first kappa shape index (κ1) is 16.3. The quantitative estimate of drug-likeness (QED) is 0.838. The van der Waals surface area contributed by atoms with Crippen molar-refractivity contribution in [2.75, 3.05) is 6.61 Å². The summed E-state index contributed by atoms with van der Waals surface area (Å²) in [6.07, 6.45) is 7.29. The third-order valence-electron chi connectivity index (χ3n) is 5.86. The van der Waals surface area contributed by atoms with Crippen LogP contribution in [0.1, 0.15) is 49.9 Å². The molecule has 0 amide bonds. The van der Waals surface area contributed by atoms with E-state index in [0.717, 1.165) is 43.7 Å². The SMILES string of the molecule is Cn1ncnc1[C@]1(OCC2CC2)CC[C@](C#N)(c2ccccc2)CC1. The number of hydrogen-bond acceptors (Lipinski definition) is 4. The van der Waals surface area contributed by atoms with Crippen molar-refractivity contribution >= 4 is 0 Å². The topological polar surface area (TPSA) is 63.7 Å². The second-order valence-electron chi connectivity index (χ2n) is 7.52. The third kappa shape index (κ3) is 2.96. The number of rotatable bonds is 5. The van der Waals surface area contributed by atoms with Crippen LogP contribution in [0, 0.1) is 17.2 Å². The molecule has 1 aromatic heterocycles. The van der Waals surface area contributed by atoms with Gasteiger partial charge in [-0.15, -0.1) is 0 Å². The average Bonchev–Trinajstić information content (AvgIpc) is 3.40. The van der Waals surface area contributed by atoms with Gasteiger partial charge in [0, 0.05) is 7.05 Å². The Kier molecular flexibility index (Phi) is 4.09. The summed E-state index contributed by atoms with van der Waals surface area (Å²) in [5, 5.41) is 14.2. The Bertz CT molecular complexity index is 764. The molecule has 0 atom stereocenters. The molecular formula is C20H24N4O. The Balaban J connectivity index is 1.61. The van der Waals surface area contributed by atoms with E-state index in [4.69, 9.17) is 4.74 Å². The van der Waals surface area contributed by atoms with Crippen LogP contribution in [-0.4, -0.2) is 21.4 Å². The Hall–Kier alpha value is -2.19. The predicted molar refractivity (Wildman–Crippen MR) is 93.6 cm³/mol. The van der Waals surface area contributed by atoms with Crippen molar-refractivity contribution in [2.45, 2.75) is 49.5 Å². The minimum atomic E-state index is -0.424. The van der Waals surface area contributed by atoms with Crippen molar-refractivity contribution in [3.8, 4) is 6.07 Å². The molecule has 1 aromatic carbocycles. The summed E-state index contributed by atoms with van der Waals surface area (Å²) < 4.78 is 8.29. The maximum atomic E-state index is 9.95. The van der Waals surface area contributed by atoms with Crippen LogP contribution >= 0.6 is 0 Å². The molecule has 5 heteroatoms. The lowest BCUT2D eigenvalue weighted by Gasteiger charge is -2.42. The van der Waals surface area contributed by atoms with Gasteiger partial charge in [0.05, 0.1) is 18.1 Å². The number of hydrogen-bond donors (Lipinski definition) is 0. The predicted octanol–water partition coefficient (Wildman–Crippen LogP) is 3.47. The van der Waals surface area contributed by atoms with Crippen LogP contribution in [0.25, 0.3) is 0 Å². The van der Waals surface area contributed by atoms with Crippen molar-refractivity contribution in [3.63, 3.8) is 0 Å². The molecule has 130 valence electrons. The first-order chi connectivity index (χ1) is 12.2. The molecule has 0 unspecified atom stereocenters. The highest BCUT2D eigenvalue weighted by atomic mass is 16.5. The van der Waals surface area contributed by atoms with Crippen LogP contribution in [0.2, 0.25) is 0 Å². The van der Waals surface area contributed by atoms with E-state index in [1.165, 1.54) is 12.8 Å². The lowest BCUT2D eigenvalue weighted by atomic mass is 9.65. The molecule has 2 fully saturated rings. The van der Waals surface area contributed by atoms with Crippen LogP contribution in [0.5, 0.6) is 0 Å². The van der Waals surface area contributed by atoms with Gasteiger partial charge in [0.25, 0.3) is 0 Å². The summed E-state index contributed by atoms with van der Waals surface area (Å²) in [6.45, 7) is 0.789. The zero-order valence-corrected chi connectivity index (χ0v) is 14.7. The molecule has 4 rings (SSSR count). The molecule has 5 nitrogen and oxygen atoms in total. The van der Waals surface area contributed by atoms with Gasteiger partial charge < -0.3 is 4.74 Å². The standard InChI is InChI=1S/C20H24N4O/c1-24-18(22-15-23-24)20(25-13-16-7-8-16)11-9-19(14-21,10-12-20)17-5-3-2-4-6-17/h2-6,15-16H,7-13H2,1H3/t19-,20-. The average molecular weight is 336 g/mol. The van der Waals surface area contributed by atoms with E-state index in [0.29, 0.717) is 5.92 Å². The molecule has 0 spiro atoms. The van der Waals surface area contributed by atoms with Crippen LogP contribution in [0.3, 0.4) is 0 Å². The Morgan fingerprint density at radius 3 is 2.48 bits per heavy atom. The van der Waals surface area contributed by atoms with Crippen LogP contribution in [-0.2, 0) is 22.8 Å². The van der Waals surface area contributed by atoms with E-state index < -0.39 is 11.0 Å². The maximum absolute atomic E-state index is 9.95. The van der Waals surface area contributed by atoms with Crippen molar-refractivity contribution < 1.29 is 4.74 Å². The van der Waals surface area contributed by atoms with E-state index in [9.17, 15) is 5.26 Å². The van der Waals surface area contributed by atoms with Gasteiger partial charge in [-0.1, -0.05) is 30.3 Å². The smallest absolute Gasteiger partial charge is 0.158 e. The van der Waals surface area contributed by atoms with Gasteiger partial charge in [0.1, 0.15) is 11.9 Å². The van der Waals surface area contributed by atoms with Crippen LogP contribution < -0.4 is 0 Å². The van der Waals surface area contributed by atoms with Gasteiger partial charge >= 0.3 is 0 Å². The van der Waals surface area contributed by atoms with Gasteiger partial charge in [-0.3, -0.25) is 4.68 Å².